The van der Waals surface area contributed by atoms with Crippen LogP contribution in [0.2, 0.25) is 0 Å². The van der Waals surface area contributed by atoms with Gasteiger partial charge in [-0.3, -0.25) is 4.72 Å². The molecule has 25 heavy (non-hydrogen) atoms. The van der Waals surface area contributed by atoms with Gasteiger partial charge in [0.05, 0.1) is 10.6 Å². The first kappa shape index (κ1) is 17.0. The minimum atomic E-state index is -3.86. The van der Waals surface area contributed by atoms with Gasteiger partial charge in [-0.25, -0.2) is 12.8 Å². The first-order valence-electron chi connectivity index (χ1n) is 7.56. The highest BCUT2D eigenvalue weighted by molar-refractivity contribution is 7.92. The van der Waals surface area contributed by atoms with E-state index in [1.54, 1.807) is 36.4 Å². The second-order valence-electron chi connectivity index (χ2n) is 5.47. The predicted octanol–water partition coefficient (Wildman–Crippen LogP) is 4.73. The number of nitrogens with one attached hydrogen (secondary N) is 1. The number of hydrogen-bond acceptors (Lipinski definition) is 3. The van der Waals surface area contributed by atoms with E-state index in [1.165, 1.54) is 24.3 Å². The zero-order chi connectivity index (χ0) is 17.9. The molecule has 4 nitrogen and oxygen atoms in total. The summed E-state index contributed by atoms with van der Waals surface area (Å²) in [5, 5.41) is 0. The highest BCUT2D eigenvalue weighted by Crippen LogP contribution is 2.31. The molecule has 0 fully saturated rings. The second-order valence-corrected chi connectivity index (χ2v) is 7.16. The lowest BCUT2D eigenvalue weighted by Crippen LogP contribution is -2.13. The largest absolute Gasteiger partial charge is 0.455 e. The first-order chi connectivity index (χ1) is 11.9. The summed E-state index contributed by atoms with van der Waals surface area (Å²) in [5.41, 5.74) is 0.974. The second kappa shape index (κ2) is 6.94. The third kappa shape index (κ3) is 4.16. The molecule has 0 aromatic heterocycles. The molecular weight excluding hydrogens is 341 g/mol. The topological polar surface area (TPSA) is 55.4 Å². The average molecular weight is 357 g/mol. The van der Waals surface area contributed by atoms with E-state index < -0.39 is 15.8 Å². The molecule has 0 spiro atoms. The molecule has 0 radical (unpaired) electrons. The van der Waals surface area contributed by atoms with Crippen LogP contribution in [0.5, 0.6) is 11.5 Å². The van der Waals surface area contributed by atoms with Crippen molar-refractivity contribution in [1.29, 1.82) is 0 Å². The van der Waals surface area contributed by atoms with Gasteiger partial charge in [-0.2, -0.15) is 0 Å². The Balaban J connectivity index is 1.93. The first-order valence-corrected chi connectivity index (χ1v) is 9.04. The van der Waals surface area contributed by atoms with Crippen molar-refractivity contribution in [3.05, 3.63) is 84.2 Å². The molecular formula is C19H16FNO3S. The molecule has 3 aromatic carbocycles. The van der Waals surface area contributed by atoms with Gasteiger partial charge in [-0.15, -0.1) is 0 Å². The number of benzene rings is 3. The Labute approximate surface area is 146 Å². The van der Waals surface area contributed by atoms with Crippen molar-refractivity contribution >= 4 is 15.7 Å². The van der Waals surface area contributed by atoms with Crippen LogP contribution in [0.25, 0.3) is 0 Å². The lowest BCUT2D eigenvalue weighted by Gasteiger charge is -2.14. The molecule has 0 aliphatic rings. The van der Waals surface area contributed by atoms with Crippen molar-refractivity contribution < 1.29 is 17.5 Å². The van der Waals surface area contributed by atoms with Crippen molar-refractivity contribution in [2.45, 2.75) is 11.8 Å². The number of sulfonamides is 1. The van der Waals surface area contributed by atoms with Gasteiger partial charge in [0.25, 0.3) is 10.0 Å². The minimum Gasteiger partial charge on any atom is -0.455 e. The average Bonchev–Trinajstić information content (AvgIpc) is 2.58. The molecule has 3 rings (SSSR count). The fraction of sp³-hybridized carbons (Fsp3) is 0.0526. The SMILES string of the molecule is Cc1ccc(S(=O)(=O)Nc2cc(F)ccc2Oc2ccccc2)cc1. The Kier molecular flexibility index (Phi) is 4.72. The van der Waals surface area contributed by atoms with Crippen LogP contribution in [0.4, 0.5) is 10.1 Å². The van der Waals surface area contributed by atoms with Gasteiger partial charge in [-0.1, -0.05) is 35.9 Å². The number of halogens is 1. The molecule has 0 aliphatic heterocycles. The summed E-state index contributed by atoms with van der Waals surface area (Å²) in [6.45, 7) is 1.86. The van der Waals surface area contributed by atoms with E-state index in [0.717, 1.165) is 11.6 Å². The van der Waals surface area contributed by atoms with E-state index in [4.69, 9.17) is 4.74 Å². The summed E-state index contributed by atoms with van der Waals surface area (Å²) >= 11 is 0. The van der Waals surface area contributed by atoms with Gasteiger partial charge >= 0.3 is 0 Å². The van der Waals surface area contributed by atoms with Crippen LogP contribution >= 0.6 is 0 Å². The van der Waals surface area contributed by atoms with Crippen molar-refractivity contribution in [2.24, 2.45) is 0 Å². The monoisotopic (exact) mass is 357 g/mol. The van der Waals surface area contributed by atoms with E-state index in [2.05, 4.69) is 4.72 Å². The van der Waals surface area contributed by atoms with E-state index in [1.807, 2.05) is 13.0 Å². The fourth-order valence-corrected chi connectivity index (χ4v) is 3.27. The molecule has 3 aromatic rings. The molecule has 0 saturated carbocycles. The Morgan fingerprint density at radius 3 is 2.28 bits per heavy atom. The summed E-state index contributed by atoms with van der Waals surface area (Å²) in [6, 6.07) is 18.9. The fourth-order valence-electron chi connectivity index (χ4n) is 2.21. The maximum atomic E-state index is 13.6. The Hall–Kier alpha value is -2.86. The molecule has 0 heterocycles. The summed E-state index contributed by atoms with van der Waals surface area (Å²) in [6.07, 6.45) is 0. The number of aryl methyl sites for hydroxylation is 1. The van der Waals surface area contributed by atoms with Gasteiger partial charge < -0.3 is 4.74 Å². The molecule has 0 bridgehead atoms. The smallest absolute Gasteiger partial charge is 0.262 e. The van der Waals surface area contributed by atoms with Crippen molar-refractivity contribution in [1.82, 2.24) is 0 Å². The van der Waals surface area contributed by atoms with E-state index in [0.29, 0.717) is 5.75 Å². The zero-order valence-corrected chi connectivity index (χ0v) is 14.3. The lowest BCUT2D eigenvalue weighted by molar-refractivity contribution is 0.483. The van der Waals surface area contributed by atoms with Crippen LogP contribution in [0.15, 0.2) is 77.7 Å². The highest BCUT2D eigenvalue weighted by atomic mass is 32.2. The molecule has 0 aliphatic carbocycles. The maximum absolute atomic E-state index is 13.6. The number of hydrogen-bond donors (Lipinski definition) is 1. The maximum Gasteiger partial charge on any atom is 0.262 e. The summed E-state index contributed by atoms with van der Waals surface area (Å²) < 4.78 is 46.8. The van der Waals surface area contributed by atoms with E-state index >= 15 is 0 Å². The van der Waals surface area contributed by atoms with Gasteiger partial charge in [0, 0.05) is 6.07 Å². The molecule has 0 amide bonds. The van der Waals surface area contributed by atoms with E-state index in [9.17, 15) is 12.8 Å². The standard InChI is InChI=1S/C19H16FNO3S/c1-14-7-10-17(11-8-14)25(22,23)21-18-13-15(20)9-12-19(18)24-16-5-3-2-4-6-16/h2-13,21H,1H3. The zero-order valence-electron chi connectivity index (χ0n) is 13.4. The minimum absolute atomic E-state index is 0.0319. The Morgan fingerprint density at radius 2 is 1.60 bits per heavy atom. The Morgan fingerprint density at radius 1 is 0.920 bits per heavy atom. The van der Waals surface area contributed by atoms with E-state index in [-0.39, 0.29) is 16.3 Å². The highest BCUT2D eigenvalue weighted by Gasteiger charge is 2.17. The van der Waals surface area contributed by atoms with Crippen LogP contribution in [-0.4, -0.2) is 8.42 Å². The van der Waals surface area contributed by atoms with Crippen molar-refractivity contribution in [2.75, 3.05) is 4.72 Å². The molecule has 0 saturated heterocycles. The van der Waals surface area contributed by atoms with Crippen molar-refractivity contribution in [3.63, 3.8) is 0 Å². The number of para-hydroxylation sites is 1. The predicted molar refractivity (Wildman–Crippen MR) is 94.9 cm³/mol. The lowest BCUT2D eigenvalue weighted by atomic mass is 10.2. The molecule has 0 unspecified atom stereocenters. The van der Waals surface area contributed by atoms with Crippen LogP contribution < -0.4 is 9.46 Å². The summed E-state index contributed by atoms with van der Waals surface area (Å²) in [7, 11) is -3.86. The normalized spacial score (nSPS) is 11.1. The van der Waals surface area contributed by atoms with Crippen LogP contribution in [-0.2, 0) is 10.0 Å². The molecule has 0 atom stereocenters. The number of rotatable bonds is 5. The summed E-state index contributed by atoms with van der Waals surface area (Å²) in [5.74, 6) is 0.162. The van der Waals surface area contributed by atoms with Crippen LogP contribution in [0.1, 0.15) is 5.56 Å². The third-order valence-electron chi connectivity index (χ3n) is 3.49. The number of anilines is 1. The Bertz CT molecular complexity index is 971. The quantitative estimate of drug-likeness (QED) is 0.718. The summed E-state index contributed by atoms with van der Waals surface area (Å²) in [4.78, 5) is 0.0908. The van der Waals surface area contributed by atoms with Crippen LogP contribution in [0.3, 0.4) is 0 Å². The third-order valence-corrected chi connectivity index (χ3v) is 4.87. The van der Waals surface area contributed by atoms with Crippen molar-refractivity contribution in [3.8, 4) is 11.5 Å². The van der Waals surface area contributed by atoms with Gasteiger partial charge in [0.1, 0.15) is 11.6 Å². The number of ether oxygens (including phenoxy) is 1. The molecule has 1 N–H and O–H groups in total. The molecule has 128 valence electrons. The van der Waals surface area contributed by atoms with Gasteiger partial charge in [0.15, 0.2) is 5.75 Å². The molecule has 6 heteroatoms. The van der Waals surface area contributed by atoms with Gasteiger partial charge in [-0.05, 0) is 43.3 Å². The van der Waals surface area contributed by atoms with Crippen LogP contribution in [0, 0.1) is 12.7 Å². The van der Waals surface area contributed by atoms with Gasteiger partial charge in [0.2, 0.25) is 0 Å².